The molecule has 2 heterocycles. The van der Waals surface area contributed by atoms with Crippen molar-refractivity contribution in [2.75, 3.05) is 6.54 Å². The van der Waals surface area contributed by atoms with Crippen LogP contribution in [0.25, 0.3) is 11.4 Å². The lowest BCUT2D eigenvalue weighted by molar-refractivity contribution is -0.136. The lowest BCUT2D eigenvalue weighted by atomic mass is 10.1. The molecule has 2 aliphatic rings. The fourth-order valence-corrected chi connectivity index (χ4v) is 3.87. The van der Waals surface area contributed by atoms with Crippen molar-refractivity contribution in [1.29, 1.82) is 0 Å². The van der Waals surface area contributed by atoms with E-state index in [-0.39, 0.29) is 23.7 Å². The van der Waals surface area contributed by atoms with E-state index in [1.807, 2.05) is 4.90 Å². The van der Waals surface area contributed by atoms with Crippen LogP contribution in [0.2, 0.25) is 0 Å². The van der Waals surface area contributed by atoms with Crippen LogP contribution in [0.3, 0.4) is 0 Å². The normalized spacial score (nSPS) is 21.5. The van der Waals surface area contributed by atoms with Crippen LogP contribution in [0.5, 0.6) is 0 Å². The third-order valence-electron chi connectivity index (χ3n) is 5.16. The van der Waals surface area contributed by atoms with Crippen LogP contribution >= 0.6 is 0 Å². The minimum absolute atomic E-state index is 0.0141. The average molecular weight is 328 g/mol. The van der Waals surface area contributed by atoms with Gasteiger partial charge in [0.25, 0.3) is 0 Å². The molecule has 1 saturated carbocycles. The molecule has 1 aliphatic carbocycles. The second kappa shape index (κ2) is 6.34. The number of rotatable bonds is 3. The summed E-state index contributed by atoms with van der Waals surface area (Å²) >= 11 is 0. The smallest absolute Gasteiger partial charge is 0.226 e. The summed E-state index contributed by atoms with van der Waals surface area (Å²) in [5.74, 6) is 1.46. The number of likely N-dealkylation sites (tertiary alicyclic amines) is 1. The Hall–Kier alpha value is -2.24. The number of nitrogens with zero attached hydrogens (tertiary/aromatic N) is 3. The molecule has 0 unspecified atom stereocenters. The molecule has 1 aromatic carbocycles. The van der Waals surface area contributed by atoms with E-state index in [2.05, 4.69) is 15.2 Å². The van der Waals surface area contributed by atoms with Gasteiger partial charge in [0.15, 0.2) is 5.82 Å². The van der Waals surface area contributed by atoms with Crippen molar-refractivity contribution in [2.24, 2.45) is 5.92 Å². The number of hydrogen-bond donors (Lipinski definition) is 1. The van der Waals surface area contributed by atoms with Crippen LogP contribution in [0, 0.1) is 11.7 Å². The predicted molar refractivity (Wildman–Crippen MR) is 87.4 cm³/mol. The van der Waals surface area contributed by atoms with E-state index >= 15 is 0 Å². The average Bonchev–Trinajstić information content (AvgIpc) is 3.34. The van der Waals surface area contributed by atoms with Crippen LogP contribution < -0.4 is 0 Å². The summed E-state index contributed by atoms with van der Waals surface area (Å²) in [5.41, 5.74) is 0.769. The van der Waals surface area contributed by atoms with Gasteiger partial charge in [-0.05, 0) is 49.9 Å². The van der Waals surface area contributed by atoms with Gasteiger partial charge in [0.2, 0.25) is 5.91 Å². The van der Waals surface area contributed by atoms with Gasteiger partial charge in [0, 0.05) is 18.0 Å². The lowest BCUT2D eigenvalue weighted by Crippen LogP contribution is -2.35. The van der Waals surface area contributed by atoms with Gasteiger partial charge in [0.05, 0.1) is 6.04 Å². The Bertz CT molecular complexity index is 721. The Morgan fingerprint density at radius 2 is 1.88 bits per heavy atom. The zero-order valence-electron chi connectivity index (χ0n) is 13.5. The fraction of sp³-hybridized carbons (Fsp3) is 0.500. The van der Waals surface area contributed by atoms with Crippen molar-refractivity contribution < 1.29 is 9.18 Å². The van der Waals surface area contributed by atoms with E-state index < -0.39 is 0 Å². The zero-order valence-corrected chi connectivity index (χ0v) is 13.5. The van der Waals surface area contributed by atoms with Gasteiger partial charge in [-0.1, -0.05) is 12.8 Å². The zero-order chi connectivity index (χ0) is 16.5. The first-order chi connectivity index (χ1) is 11.7. The number of benzene rings is 1. The Morgan fingerprint density at radius 3 is 2.62 bits per heavy atom. The van der Waals surface area contributed by atoms with Crippen molar-refractivity contribution in [3.63, 3.8) is 0 Å². The van der Waals surface area contributed by atoms with E-state index in [9.17, 15) is 9.18 Å². The summed E-state index contributed by atoms with van der Waals surface area (Å²) in [6.07, 6.45) is 6.25. The Kier molecular flexibility index (Phi) is 4.04. The predicted octanol–water partition coefficient (Wildman–Crippen LogP) is 3.46. The number of nitrogens with one attached hydrogen (secondary N) is 1. The molecule has 2 fully saturated rings. The third kappa shape index (κ3) is 2.81. The largest absolute Gasteiger partial charge is 0.332 e. The Labute approximate surface area is 140 Å². The molecule has 1 atom stereocenters. The molecule has 1 aromatic heterocycles. The van der Waals surface area contributed by atoms with E-state index in [0.717, 1.165) is 56.5 Å². The van der Waals surface area contributed by atoms with Crippen molar-refractivity contribution in [2.45, 2.75) is 44.6 Å². The number of carbonyl (C=O) groups is 1. The molecule has 126 valence electrons. The molecular weight excluding hydrogens is 307 g/mol. The number of aromatic amines is 1. The van der Waals surface area contributed by atoms with Crippen LogP contribution in [-0.4, -0.2) is 32.5 Å². The molecule has 1 amide bonds. The number of amides is 1. The number of hydrogen-bond acceptors (Lipinski definition) is 3. The van der Waals surface area contributed by atoms with Crippen LogP contribution in [0.15, 0.2) is 24.3 Å². The maximum atomic E-state index is 13.0. The standard InChI is InChI=1S/C18H21FN4O/c19-14-9-7-12(8-10-14)16-20-17(22-21-16)15-6-3-11-23(15)18(24)13-4-1-2-5-13/h7-10,13,15H,1-6,11H2,(H,20,21,22)/t15-/m0/s1. The summed E-state index contributed by atoms with van der Waals surface area (Å²) in [7, 11) is 0. The van der Waals surface area contributed by atoms with Gasteiger partial charge in [-0.3, -0.25) is 9.89 Å². The SMILES string of the molecule is O=C(C1CCCC1)N1CCC[C@H]1c1nc(-c2ccc(F)cc2)n[nH]1. The van der Waals surface area contributed by atoms with Crippen molar-refractivity contribution in [3.05, 3.63) is 35.9 Å². The Balaban J connectivity index is 1.54. The highest BCUT2D eigenvalue weighted by atomic mass is 19.1. The molecule has 2 aromatic rings. The summed E-state index contributed by atoms with van der Waals surface area (Å²) < 4.78 is 13.0. The molecule has 1 N–H and O–H groups in total. The molecule has 0 bridgehead atoms. The molecule has 5 nitrogen and oxygen atoms in total. The molecule has 0 radical (unpaired) electrons. The van der Waals surface area contributed by atoms with Crippen molar-refractivity contribution in [3.8, 4) is 11.4 Å². The number of H-pyrrole nitrogens is 1. The highest BCUT2D eigenvalue weighted by molar-refractivity contribution is 5.79. The van der Waals surface area contributed by atoms with Crippen molar-refractivity contribution >= 4 is 5.91 Å². The first kappa shape index (κ1) is 15.3. The molecule has 1 saturated heterocycles. The van der Waals surface area contributed by atoms with Crippen molar-refractivity contribution in [1.82, 2.24) is 20.1 Å². The quantitative estimate of drug-likeness (QED) is 0.938. The second-order valence-electron chi connectivity index (χ2n) is 6.72. The number of halogens is 1. The summed E-state index contributed by atoms with van der Waals surface area (Å²) in [4.78, 5) is 19.3. The second-order valence-corrected chi connectivity index (χ2v) is 6.72. The maximum absolute atomic E-state index is 13.0. The molecule has 6 heteroatoms. The van der Waals surface area contributed by atoms with E-state index in [1.165, 1.54) is 12.1 Å². The molecule has 0 spiro atoms. The molecular formula is C18H21FN4O. The van der Waals surface area contributed by atoms with E-state index in [4.69, 9.17) is 0 Å². The fourth-order valence-electron chi connectivity index (χ4n) is 3.87. The minimum atomic E-state index is -0.279. The van der Waals surface area contributed by atoms with E-state index in [0.29, 0.717) is 5.82 Å². The third-order valence-corrected chi connectivity index (χ3v) is 5.16. The van der Waals surface area contributed by atoms with Crippen LogP contribution in [-0.2, 0) is 4.79 Å². The first-order valence-electron chi connectivity index (χ1n) is 8.71. The highest BCUT2D eigenvalue weighted by Crippen LogP contribution is 2.35. The van der Waals surface area contributed by atoms with E-state index in [1.54, 1.807) is 12.1 Å². The molecule has 4 rings (SSSR count). The summed E-state index contributed by atoms with van der Waals surface area (Å²) in [5, 5.41) is 7.24. The topological polar surface area (TPSA) is 61.9 Å². The van der Waals surface area contributed by atoms with Gasteiger partial charge >= 0.3 is 0 Å². The van der Waals surface area contributed by atoms with Gasteiger partial charge in [-0.2, -0.15) is 5.10 Å². The number of aromatic nitrogens is 3. The summed E-state index contributed by atoms with van der Waals surface area (Å²) in [6.45, 7) is 0.798. The van der Waals surface area contributed by atoms with Crippen LogP contribution in [0.1, 0.15) is 50.4 Å². The number of carbonyl (C=O) groups excluding carboxylic acids is 1. The van der Waals surface area contributed by atoms with Gasteiger partial charge in [-0.25, -0.2) is 9.37 Å². The first-order valence-corrected chi connectivity index (χ1v) is 8.71. The van der Waals surface area contributed by atoms with Gasteiger partial charge in [0.1, 0.15) is 11.6 Å². The molecule has 24 heavy (non-hydrogen) atoms. The van der Waals surface area contributed by atoms with Gasteiger partial charge in [-0.15, -0.1) is 0 Å². The van der Waals surface area contributed by atoms with Crippen LogP contribution in [0.4, 0.5) is 4.39 Å². The minimum Gasteiger partial charge on any atom is -0.332 e. The molecule has 1 aliphatic heterocycles. The highest BCUT2D eigenvalue weighted by Gasteiger charge is 2.36. The monoisotopic (exact) mass is 328 g/mol. The summed E-state index contributed by atoms with van der Waals surface area (Å²) in [6, 6.07) is 6.12. The lowest BCUT2D eigenvalue weighted by Gasteiger charge is -2.25. The Morgan fingerprint density at radius 1 is 1.12 bits per heavy atom. The maximum Gasteiger partial charge on any atom is 0.226 e. The van der Waals surface area contributed by atoms with Gasteiger partial charge < -0.3 is 4.90 Å².